The van der Waals surface area contributed by atoms with Gasteiger partial charge in [0.15, 0.2) is 5.82 Å². The molecule has 0 aromatic carbocycles. The highest BCUT2D eigenvalue weighted by Crippen LogP contribution is 2.24. The van der Waals surface area contributed by atoms with Crippen LogP contribution >= 0.6 is 0 Å². The van der Waals surface area contributed by atoms with Crippen LogP contribution in [-0.4, -0.2) is 26.5 Å². The number of aryl methyl sites for hydroxylation is 1. The average molecular weight is 203 g/mol. The third-order valence-electron chi connectivity index (χ3n) is 2.53. The number of alkyl halides is 2. The molecule has 1 aromatic rings. The smallest absolute Gasteiger partial charge is 0.297 e. The van der Waals surface area contributed by atoms with E-state index in [1.807, 2.05) is 0 Å². The Hall–Kier alpha value is -1.04. The van der Waals surface area contributed by atoms with Crippen LogP contribution in [-0.2, 0) is 13.0 Å². The van der Waals surface area contributed by atoms with Crippen molar-refractivity contribution in [2.75, 3.05) is 6.61 Å². The van der Waals surface area contributed by atoms with Gasteiger partial charge in [-0.05, 0) is 6.42 Å². The van der Waals surface area contributed by atoms with Crippen LogP contribution in [0.1, 0.15) is 24.5 Å². The van der Waals surface area contributed by atoms with E-state index in [0.717, 1.165) is 6.42 Å². The van der Waals surface area contributed by atoms with Crippen molar-refractivity contribution >= 4 is 0 Å². The number of hydrogen-bond donors (Lipinski definition) is 1. The normalized spacial score (nSPS) is 21.3. The zero-order valence-corrected chi connectivity index (χ0v) is 7.53. The number of aliphatic hydroxyl groups excluding tert-OH is 1. The van der Waals surface area contributed by atoms with Crippen LogP contribution in [0.25, 0.3) is 0 Å². The molecule has 1 aromatic heterocycles. The molecular formula is C8H11F2N3O. The topological polar surface area (TPSA) is 50.9 Å². The Morgan fingerprint density at radius 3 is 2.93 bits per heavy atom. The summed E-state index contributed by atoms with van der Waals surface area (Å²) in [5, 5.41) is 16.1. The average Bonchev–Trinajstić information content (AvgIpc) is 2.59. The number of hydrogen-bond acceptors (Lipinski definition) is 3. The fraction of sp³-hybridized carbons (Fsp3) is 0.750. The summed E-state index contributed by atoms with van der Waals surface area (Å²) in [5.74, 6) is 0.374. The molecule has 0 saturated carbocycles. The summed E-state index contributed by atoms with van der Waals surface area (Å²) in [5.41, 5.74) is 0. The van der Waals surface area contributed by atoms with Crippen LogP contribution in [0.4, 0.5) is 8.78 Å². The van der Waals surface area contributed by atoms with Gasteiger partial charge in [0, 0.05) is 25.5 Å². The summed E-state index contributed by atoms with van der Waals surface area (Å²) in [4.78, 5) is 0. The van der Waals surface area contributed by atoms with Crippen LogP contribution < -0.4 is 0 Å². The summed E-state index contributed by atoms with van der Waals surface area (Å²) in [6, 6.07) is 0. The van der Waals surface area contributed by atoms with Gasteiger partial charge in [-0.3, -0.25) is 0 Å². The van der Waals surface area contributed by atoms with E-state index >= 15 is 0 Å². The largest absolute Gasteiger partial charge is 0.396 e. The first-order chi connectivity index (χ1) is 6.72. The van der Waals surface area contributed by atoms with E-state index in [4.69, 9.17) is 5.11 Å². The van der Waals surface area contributed by atoms with Crippen molar-refractivity contribution in [3.05, 3.63) is 11.6 Å². The molecule has 0 unspecified atom stereocenters. The minimum atomic E-state index is -2.59. The molecule has 0 fully saturated rings. The maximum atomic E-state index is 12.4. The van der Waals surface area contributed by atoms with Crippen LogP contribution in [0.3, 0.4) is 0 Å². The monoisotopic (exact) mass is 203 g/mol. The molecule has 0 bridgehead atoms. The standard InChI is InChI=1S/C8H11F2N3O/c9-7(10)8-12-11-6-2-1-5(4-14)3-13(6)8/h5,7,14H,1-4H2/t5-/m0/s1. The summed E-state index contributed by atoms with van der Waals surface area (Å²) < 4.78 is 26.3. The van der Waals surface area contributed by atoms with Crippen LogP contribution in [0.5, 0.6) is 0 Å². The number of aliphatic hydroxyl groups is 1. The molecule has 6 heteroatoms. The Morgan fingerprint density at radius 2 is 2.29 bits per heavy atom. The predicted octanol–water partition coefficient (Wildman–Crippen LogP) is 0.770. The van der Waals surface area contributed by atoms with Crippen LogP contribution in [0, 0.1) is 5.92 Å². The maximum absolute atomic E-state index is 12.4. The number of aromatic nitrogens is 3. The molecule has 0 saturated heterocycles. The van der Waals surface area contributed by atoms with Crippen molar-refractivity contribution in [1.29, 1.82) is 0 Å². The predicted molar refractivity (Wildman–Crippen MR) is 43.9 cm³/mol. The second-order valence-electron chi connectivity index (χ2n) is 3.47. The van der Waals surface area contributed by atoms with E-state index in [-0.39, 0.29) is 18.3 Å². The van der Waals surface area contributed by atoms with E-state index < -0.39 is 6.43 Å². The lowest BCUT2D eigenvalue weighted by molar-refractivity contribution is 0.126. The van der Waals surface area contributed by atoms with Gasteiger partial charge in [-0.2, -0.15) is 0 Å². The Kier molecular flexibility index (Phi) is 2.45. The van der Waals surface area contributed by atoms with E-state index in [1.54, 1.807) is 0 Å². The highest BCUT2D eigenvalue weighted by Gasteiger charge is 2.25. The van der Waals surface area contributed by atoms with Crippen molar-refractivity contribution in [1.82, 2.24) is 14.8 Å². The van der Waals surface area contributed by atoms with E-state index in [9.17, 15) is 8.78 Å². The molecule has 0 spiro atoms. The van der Waals surface area contributed by atoms with Gasteiger partial charge in [-0.15, -0.1) is 10.2 Å². The molecular weight excluding hydrogens is 192 g/mol. The van der Waals surface area contributed by atoms with Gasteiger partial charge in [0.2, 0.25) is 0 Å². The molecule has 1 aliphatic heterocycles. The molecule has 78 valence electrons. The molecule has 2 rings (SSSR count). The first kappa shape index (κ1) is 9.51. The Bertz CT molecular complexity index is 326. The number of nitrogens with zero attached hydrogens (tertiary/aromatic N) is 3. The lowest BCUT2D eigenvalue weighted by Crippen LogP contribution is -2.24. The first-order valence-electron chi connectivity index (χ1n) is 4.53. The second-order valence-corrected chi connectivity index (χ2v) is 3.47. The summed E-state index contributed by atoms with van der Waals surface area (Å²) in [6.45, 7) is 0.429. The van der Waals surface area contributed by atoms with Crippen molar-refractivity contribution in [2.45, 2.75) is 25.8 Å². The number of fused-ring (bicyclic) bond motifs is 1. The Balaban J connectivity index is 2.28. The molecule has 0 aliphatic carbocycles. The Morgan fingerprint density at radius 1 is 1.50 bits per heavy atom. The zero-order valence-electron chi connectivity index (χ0n) is 7.53. The second kappa shape index (κ2) is 3.61. The minimum absolute atomic E-state index is 0.0281. The molecule has 0 amide bonds. The van der Waals surface area contributed by atoms with Gasteiger partial charge in [0.05, 0.1) is 0 Å². The van der Waals surface area contributed by atoms with Gasteiger partial charge in [-0.1, -0.05) is 0 Å². The van der Waals surface area contributed by atoms with E-state index in [1.165, 1.54) is 4.57 Å². The summed E-state index contributed by atoms with van der Waals surface area (Å²) in [7, 11) is 0. The number of halogens is 2. The van der Waals surface area contributed by atoms with Crippen molar-refractivity contribution in [2.24, 2.45) is 5.92 Å². The lowest BCUT2D eigenvalue weighted by atomic mass is 10.0. The third kappa shape index (κ3) is 1.50. The molecule has 1 N–H and O–H groups in total. The van der Waals surface area contributed by atoms with Gasteiger partial charge in [0.1, 0.15) is 5.82 Å². The summed E-state index contributed by atoms with van der Waals surface area (Å²) in [6.07, 6.45) is -1.18. The van der Waals surface area contributed by atoms with Crippen molar-refractivity contribution < 1.29 is 13.9 Å². The molecule has 2 heterocycles. The Labute approximate surface area is 79.6 Å². The van der Waals surface area contributed by atoms with Gasteiger partial charge >= 0.3 is 0 Å². The molecule has 4 nitrogen and oxygen atoms in total. The van der Waals surface area contributed by atoms with E-state index in [0.29, 0.717) is 18.8 Å². The fourth-order valence-electron chi connectivity index (χ4n) is 1.73. The van der Waals surface area contributed by atoms with Gasteiger partial charge < -0.3 is 9.67 Å². The number of rotatable bonds is 2. The van der Waals surface area contributed by atoms with Gasteiger partial charge in [0.25, 0.3) is 6.43 Å². The molecule has 1 aliphatic rings. The van der Waals surface area contributed by atoms with Crippen molar-refractivity contribution in [3.63, 3.8) is 0 Å². The molecule has 1 atom stereocenters. The lowest BCUT2D eigenvalue weighted by Gasteiger charge is -2.22. The highest BCUT2D eigenvalue weighted by atomic mass is 19.3. The minimum Gasteiger partial charge on any atom is -0.396 e. The van der Waals surface area contributed by atoms with Crippen molar-refractivity contribution in [3.8, 4) is 0 Å². The van der Waals surface area contributed by atoms with Crippen LogP contribution in [0.15, 0.2) is 0 Å². The SMILES string of the molecule is OC[C@H]1CCc2nnc(C(F)F)n2C1. The molecule has 0 radical (unpaired) electrons. The maximum Gasteiger partial charge on any atom is 0.297 e. The summed E-state index contributed by atoms with van der Waals surface area (Å²) >= 11 is 0. The zero-order chi connectivity index (χ0) is 10.1. The fourth-order valence-corrected chi connectivity index (χ4v) is 1.73. The third-order valence-corrected chi connectivity index (χ3v) is 2.53. The first-order valence-corrected chi connectivity index (χ1v) is 4.53. The van der Waals surface area contributed by atoms with Gasteiger partial charge in [-0.25, -0.2) is 8.78 Å². The quantitative estimate of drug-likeness (QED) is 0.772. The highest BCUT2D eigenvalue weighted by molar-refractivity contribution is 5.00. The molecule has 14 heavy (non-hydrogen) atoms. The van der Waals surface area contributed by atoms with E-state index in [2.05, 4.69) is 10.2 Å². The van der Waals surface area contributed by atoms with Crippen LogP contribution in [0.2, 0.25) is 0 Å².